The van der Waals surface area contributed by atoms with Crippen molar-refractivity contribution in [2.75, 3.05) is 11.9 Å². The van der Waals surface area contributed by atoms with E-state index >= 15 is 0 Å². The first-order chi connectivity index (χ1) is 13.9. The first kappa shape index (κ1) is 20.2. The van der Waals surface area contributed by atoms with Crippen molar-refractivity contribution in [3.63, 3.8) is 0 Å². The van der Waals surface area contributed by atoms with Gasteiger partial charge in [-0.05, 0) is 25.5 Å². The first-order valence-corrected chi connectivity index (χ1v) is 9.70. The van der Waals surface area contributed by atoms with Crippen molar-refractivity contribution in [1.29, 1.82) is 0 Å². The van der Waals surface area contributed by atoms with Gasteiger partial charge in [-0.1, -0.05) is 35.9 Å². The van der Waals surface area contributed by atoms with Crippen molar-refractivity contribution in [3.05, 3.63) is 80.7 Å². The van der Waals surface area contributed by atoms with E-state index in [0.29, 0.717) is 10.6 Å². The number of hydrogen-bond donors (Lipinski definition) is 1. The summed E-state index contributed by atoms with van der Waals surface area (Å²) in [5.74, 6) is -1.09. The molecule has 1 aromatic heterocycles. The van der Waals surface area contributed by atoms with E-state index in [2.05, 4.69) is 5.32 Å². The predicted molar refractivity (Wildman–Crippen MR) is 111 cm³/mol. The van der Waals surface area contributed by atoms with Gasteiger partial charge in [-0.15, -0.1) is 11.3 Å². The molecule has 0 radical (unpaired) electrons. The SMILES string of the molecule is CCOC(=O)c1c(-c2ccc(C)cc2)csc1NC(=O)c1cccc([N+](=O)[O-])c1. The number of nitro benzene ring substituents is 1. The molecule has 0 spiro atoms. The molecule has 1 N–H and O–H groups in total. The number of amides is 1. The third-order valence-corrected chi connectivity index (χ3v) is 5.07. The molecule has 29 heavy (non-hydrogen) atoms. The van der Waals surface area contributed by atoms with E-state index in [1.54, 1.807) is 12.3 Å². The molecule has 8 heteroatoms. The highest BCUT2D eigenvalue weighted by Crippen LogP contribution is 2.36. The minimum atomic E-state index is -0.568. The van der Waals surface area contributed by atoms with Gasteiger partial charge in [-0.3, -0.25) is 14.9 Å². The van der Waals surface area contributed by atoms with Crippen LogP contribution in [0.15, 0.2) is 53.9 Å². The second-order valence-electron chi connectivity index (χ2n) is 6.20. The maximum Gasteiger partial charge on any atom is 0.341 e. The summed E-state index contributed by atoms with van der Waals surface area (Å²) in [6, 6.07) is 13.1. The third-order valence-electron chi connectivity index (χ3n) is 4.18. The number of esters is 1. The van der Waals surface area contributed by atoms with Crippen LogP contribution in [0, 0.1) is 17.0 Å². The van der Waals surface area contributed by atoms with Gasteiger partial charge < -0.3 is 10.1 Å². The molecular formula is C21H18N2O5S. The fourth-order valence-corrected chi connectivity index (χ4v) is 3.69. The zero-order valence-corrected chi connectivity index (χ0v) is 16.6. The number of nitro groups is 1. The first-order valence-electron chi connectivity index (χ1n) is 8.82. The fraction of sp³-hybridized carbons (Fsp3) is 0.143. The van der Waals surface area contributed by atoms with Gasteiger partial charge in [0.1, 0.15) is 10.6 Å². The number of non-ortho nitro benzene ring substituents is 1. The van der Waals surface area contributed by atoms with Crippen molar-refractivity contribution >= 4 is 33.9 Å². The fourth-order valence-electron chi connectivity index (χ4n) is 2.74. The molecule has 0 bridgehead atoms. The maximum absolute atomic E-state index is 12.6. The summed E-state index contributed by atoms with van der Waals surface area (Å²) in [6.07, 6.45) is 0. The normalized spacial score (nSPS) is 10.4. The molecule has 2 aromatic carbocycles. The number of rotatable bonds is 6. The minimum Gasteiger partial charge on any atom is -0.462 e. The molecule has 3 rings (SSSR count). The Labute approximate surface area is 171 Å². The minimum absolute atomic E-state index is 0.124. The van der Waals surface area contributed by atoms with Gasteiger partial charge >= 0.3 is 5.97 Å². The molecule has 0 aliphatic heterocycles. The summed E-state index contributed by atoms with van der Waals surface area (Å²) in [5.41, 5.74) is 2.77. The number of thiophene rings is 1. The van der Waals surface area contributed by atoms with Crippen molar-refractivity contribution in [3.8, 4) is 11.1 Å². The van der Waals surface area contributed by atoms with Crippen molar-refractivity contribution in [1.82, 2.24) is 0 Å². The van der Waals surface area contributed by atoms with E-state index in [1.165, 1.54) is 35.6 Å². The topological polar surface area (TPSA) is 98.5 Å². The highest BCUT2D eigenvalue weighted by atomic mass is 32.1. The van der Waals surface area contributed by atoms with Crippen LogP contribution < -0.4 is 5.32 Å². The van der Waals surface area contributed by atoms with Crippen LogP contribution in [0.4, 0.5) is 10.7 Å². The Morgan fingerprint density at radius 3 is 2.55 bits per heavy atom. The lowest BCUT2D eigenvalue weighted by molar-refractivity contribution is -0.384. The summed E-state index contributed by atoms with van der Waals surface area (Å²) in [5, 5.41) is 15.7. The molecule has 0 saturated carbocycles. The Morgan fingerprint density at radius 2 is 1.90 bits per heavy atom. The van der Waals surface area contributed by atoms with Crippen molar-refractivity contribution < 1.29 is 19.2 Å². The summed E-state index contributed by atoms with van der Waals surface area (Å²) in [7, 11) is 0. The van der Waals surface area contributed by atoms with Crippen LogP contribution in [-0.2, 0) is 4.74 Å². The molecule has 0 aliphatic rings. The predicted octanol–water partition coefficient (Wildman–Crippen LogP) is 5.06. The number of aryl methyl sites for hydroxylation is 1. The van der Waals surface area contributed by atoms with Gasteiger partial charge in [-0.25, -0.2) is 4.79 Å². The summed E-state index contributed by atoms with van der Waals surface area (Å²) in [4.78, 5) is 35.6. The van der Waals surface area contributed by atoms with Crippen LogP contribution in [-0.4, -0.2) is 23.4 Å². The average Bonchev–Trinajstić information content (AvgIpc) is 3.12. The van der Waals surface area contributed by atoms with E-state index in [4.69, 9.17) is 4.74 Å². The molecule has 1 heterocycles. The largest absolute Gasteiger partial charge is 0.462 e. The van der Waals surface area contributed by atoms with Crippen LogP contribution in [0.1, 0.15) is 33.2 Å². The molecule has 0 saturated heterocycles. The second kappa shape index (κ2) is 8.66. The maximum atomic E-state index is 12.6. The Kier molecular flexibility index (Phi) is 6.04. The van der Waals surface area contributed by atoms with Crippen LogP contribution in [0.25, 0.3) is 11.1 Å². The number of hydrogen-bond acceptors (Lipinski definition) is 6. The van der Waals surface area contributed by atoms with Gasteiger partial charge in [0, 0.05) is 28.6 Å². The lowest BCUT2D eigenvalue weighted by atomic mass is 10.0. The molecule has 0 atom stereocenters. The Hall–Kier alpha value is -3.52. The number of carbonyl (C=O) groups excluding carboxylic acids is 2. The molecular weight excluding hydrogens is 392 g/mol. The Balaban J connectivity index is 1.97. The van der Waals surface area contributed by atoms with E-state index in [1.807, 2.05) is 31.2 Å². The standard InChI is InChI=1S/C21H18N2O5S/c1-3-28-21(25)18-17(14-9-7-13(2)8-10-14)12-29-20(18)22-19(24)15-5-4-6-16(11-15)23(26)27/h4-12H,3H2,1-2H3,(H,22,24). The number of nitrogens with zero attached hydrogens (tertiary/aromatic N) is 1. The molecule has 3 aromatic rings. The quantitative estimate of drug-likeness (QED) is 0.348. The van der Waals surface area contributed by atoms with Gasteiger partial charge in [0.25, 0.3) is 11.6 Å². The van der Waals surface area contributed by atoms with Gasteiger partial charge in [0.15, 0.2) is 0 Å². The van der Waals surface area contributed by atoms with Crippen LogP contribution in [0.3, 0.4) is 0 Å². The summed E-state index contributed by atoms with van der Waals surface area (Å²) < 4.78 is 5.18. The number of benzene rings is 2. The highest BCUT2D eigenvalue weighted by Gasteiger charge is 2.23. The second-order valence-corrected chi connectivity index (χ2v) is 7.08. The smallest absolute Gasteiger partial charge is 0.341 e. The molecule has 1 amide bonds. The van der Waals surface area contributed by atoms with Gasteiger partial charge in [-0.2, -0.15) is 0 Å². The lowest BCUT2D eigenvalue weighted by Crippen LogP contribution is -2.15. The lowest BCUT2D eigenvalue weighted by Gasteiger charge is -2.09. The number of ether oxygens (including phenoxy) is 1. The highest BCUT2D eigenvalue weighted by molar-refractivity contribution is 7.15. The summed E-state index contributed by atoms with van der Waals surface area (Å²) >= 11 is 1.20. The number of nitrogens with one attached hydrogen (secondary N) is 1. The van der Waals surface area contributed by atoms with Crippen LogP contribution >= 0.6 is 11.3 Å². The summed E-state index contributed by atoms with van der Waals surface area (Å²) in [6.45, 7) is 3.87. The monoisotopic (exact) mass is 410 g/mol. The Bertz CT molecular complexity index is 1070. The van der Waals surface area contributed by atoms with E-state index in [9.17, 15) is 19.7 Å². The molecule has 7 nitrogen and oxygen atoms in total. The van der Waals surface area contributed by atoms with E-state index < -0.39 is 16.8 Å². The third kappa shape index (κ3) is 4.49. The van der Waals surface area contributed by atoms with E-state index in [-0.39, 0.29) is 23.4 Å². The Morgan fingerprint density at radius 1 is 1.17 bits per heavy atom. The number of carbonyl (C=O) groups is 2. The number of anilines is 1. The van der Waals surface area contributed by atoms with Gasteiger partial charge in [0.2, 0.25) is 0 Å². The van der Waals surface area contributed by atoms with Crippen molar-refractivity contribution in [2.45, 2.75) is 13.8 Å². The molecule has 148 valence electrons. The zero-order valence-electron chi connectivity index (χ0n) is 15.8. The average molecular weight is 410 g/mol. The molecule has 0 unspecified atom stereocenters. The van der Waals surface area contributed by atoms with Crippen molar-refractivity contribution in [2.24, 2.45) is 0 Å². The van der Waals surface area contributed by atoms with Crippen LogP contribution in [0.2, 0.25) is 0 Å². The molecule has 0 aliphatic carbocycles. The van der Waals surface area contributed by atoms with Crippen LogP contribution in [0.5, 0.6) is 0 Å². The van der Waals surface area contributed by atoms with Gasteiger partial charge in [0.05, 0.1) is 11.5 Å². The molecule has 0 fully saturated rings. The zero-order chi connectivity index (χ0) is 21.0. The van der Waals surface area contributed by atoms with E-state index in [0.717, 1.165) is 11.1 Å².